The summed E-state index contributed by atoms with van der Waals surface area (Å²) in [7, 11) is -2.95. The maximum atomic E-state index is 2.60. The molecule has 0 N–H and O–H groups in total. The summed E-state index contributed by atoms with van der Waals surface area (Å²) in [4.78, 5) is 0. The molecule has 0 saturated carbocycles. The Morgan fingerprint density at radius 3 is 1.37 bits per heavy atom. The van der Waals surface area contributed by atoms with Gasteiger partial charge in [-0.1, -0.05) is 218 Å². The molecule has 63 heavy (non-hydrogen) atoms. The Kier molecular flexibility index (Phi) is 8.87. The molecule has 0 bridgehead atoms. The topological polar surface area (TPSA) is 9.86 Å². The Hall–Kier alpha value is -7.98. The zero-order valence-corrected chi connectivity index (χ0v) is 35.6. The van der Waals surface area contributed by atoms with Gasteiger partial charge in [0.15, 0.2) is 8.07 Å². The van der Waals surface area contributed by atoms with Gasteiger partial charge in [0, 0.05) is 27.2 Å². The van der Waals surface area contributed by atoms with Crippen molar-refractivity contribution in [2.45, 2.75) is 0 Å². The molecule has 0 radical (unpaired) electrons. The zero-order chi connectivity index (χ0) is 41.7. The second-order valence-corrected chi connectivity index (χ2v) is 20.2. The largest absolute Gasteiger partial charge is 0.309 e. The first-order valence-corrected chi connectivity index (χ1v) is 23.8. The second kappa shape index (κ2) is 15.2. The molecule has 2 nitrogen and oxygen atoms in total. The van der Waals surface area contributed by atoms with Crippen LogP contribution in [0.2, 0.25) is 0 Å². The molecule has 2 aromatic heterocycles. The molecule has 296 valence electrons. The molecule has 0 aliphatic carbocycles. The molecular formula is C60H42N2Si. The van der Waals surface area contributed by atoms with Crippen LogP contribution < -0.4 is 20.7 Å². The van der Waals surface area contributed by atoms with Crippen molar-refractivity contribution >= 4 is 72.4 Å². The van der Waals surface area contributed by atoms with Crippen LogP contribution in [0.15, 0.2) is 255 Å². The Bertz CT molecular complexity index is 3490. The van der Waals surface area contributed by atoms with Crippen LogP contribution >= 0.6 is 0 Å². The third-order valence-corrected chi connectivity index (χ3v) is 17.9. The molecule has 12 aromatic rings. The summed E-state index contributed by atoms with van der Waals surface area (Å²) in [5.41, 5.74) is 11.9. The SMILES string of the molecule is c1ccc(-c2ccc(-c3cccc(-n4c5ccccc5c5c(-n6c7ccccc7c7cccc([Si](c8ccccc8)(c8ccccc8)c8ccccc8)c76)cccc54)c3)cc2)cc1. The van der Waals surface area contributed by atoms with Gasteiger partial charge in [-0.15, -0.1) is 0 Å². The molecule has 0 amide bonds. The van der Waals surface area contributed by atoms with Crippen molar-refractivity contribution in [2.24, 2.45) is 0 Å². The van der Waals surface area contributed by atoms with Gasteiger partial charge in [0.05, 0.1) is 27.8 Å². The highest BCUT2D eigenvalue weighted by molar-refractivity contribution is 7.20. The number of benzene rings is 10. The van der Waals surface area contributed by atoms with E-state index in [9.17, 15) is 0 Å². The van der Waals surface area contributed by atoms with Crippen LogP contribution in [0.3, 0.4) is 0 Å². The lowest BCUT2D eigenvalue weighted by Crippen LogP contribution is -2.75. The fourth-order valence-corrected chi connectivity index (χ4v) is 15.3. The lowest BCUT2D eigenvalue weighted by molar-refractivity contribution is 1.17. The first-order chi connectivity index (χ1) is 31.3. The average Bonchev–Trinajstić information content (AvgIpc) is 3.89. The summed E-state index contributed by atoms with van der Waals surface area (Å²) in [5.74, 6) is 0. The van der Waals surface area contributed by atoms with Gasteiger partial charge < -0.3 is 9.13 Å². The Labute approximate surface area is 368 Å². The highest BCUT2D eigenvalue weighted by atomic mass is 28.3. The van der Waals surface area contributed by atoms with Crippen molar-refractivity contribution in [1.82, 2.24) is 9.13 Å². The molecule has 2 heterocycles. The van der Waals surface area contributed by atoms with E-state index in [1.165, 1.54) is 92.3 Å². The minimum Gasteiger partial charge on any atom is -0.309 e. The summed E-state index contributed by atoms with van der Waals surface area (Å²) in [6.07, 6.45) is 0. The van der Waals surface area contributed by atoms with Gasteiger partial charge in [0.2, 0.25) is 0 Å². The Balaban J connectivity index is 1.14. The summed E-state index contributed by atoms with van der Waals surface area (Å²) in [5, 5.41) is 10.4. The van der Waals surface area contributed by atoms with Crippen LogP contribution in [0.1, 0.15) is 0 Å². The van der Waals surface area contributed by atoms with E-state index in [0.717, 1.165) is 5.69 Å². The highest BCUT2D eigenvalue weighted by Gasteiger charge is 2.43. The summed E-state index contributed by atoms with van der Waals surface area (Å²) in [6.45, 7) is 0. The molecule has 0 unspecified atom stereocenters. The standard InChI is InChI=1S/C60H42N2Si/c1-5-20-43(21-6-1)44-38-40-45(41-39-44)46-22-17-23-47(42-46)61-55-34-16-14-31-53(55)59-56(61)35-19-36-57(59)62-54-33-15-13-30-51(54)52-32-18-37-58(60(52)62)63(48-24-7-2-8-25-48,49-26-9-3-10-27-49)50-28-11-4-12-29-50/h1-42H. The quantitative estimate of drug-likeness (QED) is 0.107. The maximum absolute atomic E-state index is 2.95. The van der Waals surface area contributed by atoms with Crippen LogP contribution in [0.25, 0.3) is 77.2 Å². The Morgan fingerprint density at radius 2 is 0.730 bits per heavy atom. The molecule has 12 rings (SSSR count). The van der Waals surface area contributed by atoms with Crippen LogP contribution in [-0.4, -0.2) is 17.2 Å². The van der Waals surface area contributed by atoms with Crippen LogP contribution in [0, 0.1) is 0 Å². The number of rotatable bonds is 8. The van der Waals surface area contributed by atoms with E-state index in [-0.39, 0.29) is 0 Å². The third kappa shape index (κ3) is 5.85. The van der Waals surface area contributed by atoms with Crippen LogP contribution in [0.5, 0.6) is 0 Å². The first kappa shape index (κ1) is 36.8. The van der Waals surface area contributed by atoms with Crippen molar-refractivity contribution in [3.8, 4) is 33.6 Å². The number of para-hydroxylation sites is 3. The maximum Gasteiger partial charge on any atom is 0.181 e. The fourth-order valence-electron chi connectivity index (χ4n) is 10.4. The van der Waals surface area contributed by atoms with Gasteiger partial charge >= 0.3 is 0 Å². The fraction of sp³-hybridized carbons (Fsp3) is 0. The highest BCUT2D eigenvalue weighted by Crippen LogP contribution is 2.40. The van der Waals surface area contributed by atoms with Gasteiger partial charge in [-0.2, -0.15) is 0 Å². The molecule has 0 fully saturated rings. The molecule has 0 aliphatic rings. The van der Waals surface area contributed by atoms with Crippen molar-refractivity contribution in [3.05, 3.63) is 255 Å². The molecule has 0 spiro atoms. The predicted molar refractivity (Wildman–Crippen MR) is 270 cm³/mol. The number of nitrogens with zero attached hydrogens (tertiary/aromatic N) is 2. The average molecular weight is 819 g/mol. The predicted octanol–water partition coefficient (Wildman–Crippen LogP) is 12.6. The van der Waals surface area contributed by atoms with Gasteiger partial charge in [-0.3, -0.25) is 0 Å². The van der Waals surface area contributed by atoms with Crippen molar-refractivity contribution in [3.63, 3.8) is 0 Å². The normalized spacial score (nSPS) is 11.8. The molecule has 0 saturated heterocycles. The van der Waals surface area contributed by atoms with Gasteiger partial charge in [0.1, 0.15) is 0 Å². The van der Waals surface area contributed by atoms with Crippen LogP contribution in [-0.2, 0) is 0 Å². The molecule has 0 atom stereocenters. The lowest BCUT2D eigenvalue weighted by Gasteiger charge is -2.35. The van der Waals surface area contributed by atoms with Gasteiger partial charge in [-0.25, -0.2) is 0 Å². The monoisotopic (exact) mass is 818 g/mol. The summed E-state index contributed by atoms with van der Waals surface area (Å²) >= 11 is 0. The summed E-state index contributed by atoms with van der Waals surface area (Å²) in [6, 6.07) is 94.3. The van der Waals surface area contributed by atoms with Crippen molar-refractivity contribution in [1.29, 1.82) is 0 Å². The molecular weight excluding hydrogens is 777 g/mol. The molecule has 10 aromatic carbocycles. The number of fused-ring (bicyclic) bond motifs is 6. The van der Waals surface area contributed by atoms with Crippen molar-refractivity contribution < 1.29 is 0 Å². The number of aromatic nitrogens is 2. The minimum atomic E-state index is -2.95. The van der Waals surface area contributed by atoms with E-state index in [1.807, 2.05) is 0 Å². The number of hydrogen-bond acceptors (Lipinski definition) is 0. The minimum absolute atomic E-state index is 1.13. The summed E-state index contributed by atoms with van der Waals surface area (Å²) < 4.78 is 5.06. The van der Waals surface area contributed by atoms with Gasteiger partial charge in [0.25, 0.3) is 0 Å². The molecule has 0 aliphatic heterocycles. The van der Waals surface area contributed by atoms with Crippen LogP contribution in [0.4, 0.5) is 0 Å². The number of hydrogen-bond donors (Lipinski definition) is 0. The van der Waals surface area contributed by atoms with E-state index >= 15 is 0 Å². The van der Waals surface area contributed by atoms with E-state index in [1.54, 1.807) is 0 Å². The van der Waals surface area contributed by atoms with E-state index < -0.39 is 8.07 Å². The van der Waals surface area contributed by atoms with E-state index in [0.29, 0.717) is 0 Å². The van der Waals surface area contributed by atoms with Gasteiger partial charge in [-0.05, 0) is 79.4 Å². The lowest BCUT2D eigenvalue weighted by atomic mass is 10.00. The second-order valence-electron chi connectivity index (χ2n) is 16.4. The first-order valence-electron chi connectivity index (χ1n) is 21.8. The smallest absolute Gasteiger partial charge is 0.181 e. The van der Waals surface area contributed by atoms with E-state index in [2.05, 4.69) is 264 Å². The molecule has 3 heteroatoms. The Morgan fingerprint density at radius 1 is 0.286 bits per heavy atom. The zero-order valence-electron chi connectivity index (χ0n) is 34.6. The third-order valence-electron chi connectivity index (χ3n) is 13.1. The van der Waals surface area contributed by atoms with E-state index in [4.69, 9.17) is 0 Å². The van der Waals surface area contributed by atoms with Crippen molar-refractivity contribution in [2.75, 3.05) is 0 Å².